The molecule has 184 valence electrons. The average Bonchev–Trinajstić information content (AvgIpc) is 3.12. The normalized spacial score (nSPS) is 20.9. The minimum atomic E-state index is -0.859. The zero-order valence-corrected chi connectivity index (χ0v) is 21.1. The van der Waals surface area contributed by atoms with Crippen LogP contribution in [0.2, 0.25) is 0 Å². The van der Waals surface area contributed by atoms with E-state index in [1.54, 1.807) is 6.92 Å². The number of carbonyl (C=O) groups is 2. The van der Waals surface area contributed by atoms with Crippen molar-refractivity contribution >= 4 is 17.6 Å². The van der Waals surface area contributed by atoms with Crippen LogP contribution in [0.25, 0.3) is 0 Å². The van der Waals surface area contributed by atoms with Crippen LogP contribution in [0.3, 0.4) is 0 Å². The molecule has 2 aromatic carbocycles. The highest BCUT2D eigenvalue weighted by atomic mass is 16.2. The molecular weight excluding hydrogens is 436 g/mol. The molecule has 1 N–H and O–H groups in total. The second kappa shape index (κ2) is 11.0. The van der Waals surface area contributed by atoms with E-state index in [4.69, 9.17) is 0 Å². The summed E-state index contributed by atoms with van der Waals surface area (Å²) in [5, 5.41) is 3.14. The van der Waals surface area contributed by atoms with Crippen molar-refractivity contribution in [2.75, 3.05) is 38.6 Å². The lowest BCUT2D eigenvalue weighted by Crippen LogP contribution is -2.56. The number of nitrogens with one attached hydrogen (secondary N) is 1. The van der Waals surface area contributed by atoms with Gasteiger partial charge in [0, 0.05) is 26.3 Å². The summed E-state index contributed by atoms with van der Waals surface area (Å²) in [6.45, 7) is 4.59. The summed E-state index contributed by atoms with van der Waals surface area (Å²) in [6, 6.07) is 18.6. The lowest BCUT2D eigenvalue weighted by atomic mass is 9.74. The molecule has 0 aliphatic carbocycles. The van der Waals surface area contributed by atoms with Gasteiger partial charge in [-0.15, -0.1) is 5.92 Å². The third-order valence-electron chi connectivity index (χ3n) is 7.41. The van der Waals surface area contributed by atoms with Crippen LogP contribution < -0.4 is 10.2 Å². The first-order valence-corrected chi connectivity index (χ1v) is 12.5. The molecule has 0 unspecified atom stereocenters. The molecule has 35 heavy (non-hydrogen) atoms. The fourth-order valence-corrected chi connectivity index (χ4v) is 5.32. The van der Waals surface area contributed by atoms with E-state index >= 15 is 0 Å². The minimum Gasteiger partial charge on any atom is -0.378 e. The van der Waals surface area contributed by atoms with E-state index in [2.05, 4.69) is 63.4 Å². The Labute approximate surface area is 209 Å². The number of amides is 3. The predicted octanol–water partition coefficient (Wildman–Crippen LogP) is 3.91. The number of hydrogen-bond donors (Lipinski definition) is 1. The summed E-state index contributed by atoms with van der Waals surface area (Å²) in [7, 11) is 4.10. The van der Waals surface area contributed by atoms with E-state index in [1.807, 2.05) is 32.3 Å². The number of piperidine rings is 1. The topological polar surface area (TPSA) is 55.9 Å². The van der Waals surface area contributed by atoms with E-state index in [0.717, 1.165) is 38.9 Å². The number of carbonyl (C=O) groups excluding carboxylic acids is 2. The number of anilines is 1. The van der Waals surface area contributed by atoms with Crippen molar-refractivity contribution in [1.29, 1.82) is 0 Å². The van der Waals surface area contributed by atoms with Crippen LogP contribution in [0, 0.1) is 17.8 Å². The zero-order chi connectivity index (χ0) is 24.8. The lowest BCUT2D eigenvalue weighted by Gasteiger charge is -2.41. The van der Waals surface area contributed by atoms with E-state index in [9.17, 15) is 9.59 Å². The van der Waals surface area contributed by atoms with Gasteiger partial charge in [0.15, 0.2) is 0 Å². The van der Waals surface area contributed by atoms with Crippen LogP contribution in [0.4, 0.5) is 10.5 Å². The maximum absolute atomic E-state index is 13.7. The van der Waals surface area contributed by atoms with Gasteiger partial charge in [0.2, 0.25) is 0 Å². The maximum Gasteiger partial charge on any atom is 0.325 e. The number of aryl methyl sites for hydroxylation is 1. The highest BCUT2D eigenvalue weighted by Gasteiger charge is 2.55. The molecule has 0 saturated carbocycles. The van der Waals surface area contributed by atoms with Crippen LogP contribution in [0.5, 0.6) is 0 Å². The Bertz CT molecular complexity index is 1080. The summed E-state index contributed by atoms with van der Waals surface area (Å²) in [6.07, 6.45) is 3.11. The molecule has 2 aliphatic rings. The molecule has 3 amide bonds. The largest absolute Gasteiger partial charge is 0.378 e. The van der Waals surface area contributed by atoms with Crippen LogP contribution >= 0.6 is 0 Å². The number of imide groups is 1. The summed E-state index contributed by atoms with van der Waals surface area (Å²) in [5.41, 5.74) is 2.81. The predicted molar refractivity (Wildman–Crippen MR) is 140 cm³/mol. The fraction of sp³-hybridized carbons (Fsp3) is 0.448. The molecule has 2 saturated heterocycles. The van der Waals surface area contributed by atoms with Crippen LogP contribution in [0.1, 0.15) is 37.3 Å². The number of rotatable bonds is 8. The molecule has 2 heterocycles. The second-order valence-corrected chi connectivity index (χ2v) is 9.82. The van der Waals surface area contributed by atoms with E-state index in [0.29, 0.717) is 6.42 Å². The molecule has 0 radical (unpaired) electrons. The smallest absolute Gasteiger partial charge is 0.325 e. The van der Waals surface area contributed by atoms with Gasteiger partial charge >= 0.3 is 6.03 Å². The van der Waals surface area contributed by atoms with Gasteiger partial charge in [-0.25, -0.2) is 4.79 Å². The van der Waals surface area contributed by atoms with Crippen molar-refractivity contribution in [2.45, 2.75) is 44.7 Å². The number of likely N-dealkylation sites (tertiary alicyclic amines) is 1. The Kier molecular flexibility index (Phi) is 7.77. The maximum atomic E-state index is 13.7. The molecule has 2 aromatic rings. The van der Waals surface area contributed by atoms with Crippen molar-refractivity contribution < 1.29 is 9.59 Å². The molecule has 6 nitrogen and oxygen atoms in total. The Balaban J connectivity index is 1.46. The average molecular weight is 473 g/mol. The Morgan fingerprint density at radius 1 is 1.00 bits per heavy atom. The number of benzene rings is 2. The molecule has 0 bridgehead atoms. The van der Waals surface area contributed by atoms with Gasteiger partial charge in [-0.05, 0) is 74.9 Å². The lowest BCUT2D eigenvalue weighted by molar-refractivity contribution is -0.134. The van der Waals surface area contributed by atoms with Crippen molar-refractivity contribution in [3.8, 4) is 11.8 Å². The molecule has 6 heteroatoms. The summed E-state index contributed by atoms with van der Waals surface area (Å²) in [5.74, 6) is 5.69. The highest BCUT2D eigenvalue weighted by molar-refractivity contribution is 6.07. The molecule has 4 rings (SSSR count). The Morgan fingerprint density at radius 2 is 1.69 bits per heavy atom. The van der Waals surface area contributed by atoms with Crippen molar-refractivity contribution in [2.24, 2.45) is 5.92 Å². The number of nitrogens with zero attached hydrogens (tertiary/aromatic N) is 3. The Hall–Kier alpha value is -3.30. The summed E-state index contributed by atoms with van der Waals surface area (Å²) >= 11 is 0. The van der Waals surface area contributed by atoms with Gasteiger partial charge < -0.3 is 10.2 Å². The van der Waals surface area contributed by atoms with Crippen molar-refractivity contribution in [1.82, 2.24) is 15.1 Å². The highest BCUT2D eigenvalue weighted by Crippen LogP contribution is 2.37. The van der Waals surface area contributed by atoms with Crippen LogP contribution in [0.15, 0.2) is 54.6 Å². The SMILES string of the molecule is CC#CCN1C(=O)N[C@](CCc2ccccc2)(C2CCN(Cc3ccc(N(C)C)cc3)CC2)C1=O. The molecule has 1 atom stereocenters. The minimum absolute atomic E-state index is 0.106. The van der Waals surface area contributed by atoms with Crippen molar-refractivity contribution in [3.63, 3.8) is 0 Å². The van der Waals surface area contributed by atoms with E-state index in [1.165, 1.54) is 21.7 Å². The fourth-order valence-electron chi connectivity index (χ4n) is 5.32. The van der Waals surface area contributed by atoms with E-state index < -0.39 is 5.54 Å². The Morgan fingerprint density at radius 3 is 2.31 bits per heavy atom. The first-order chi connectivity index (χ1) is 16.9. The quantitative estimate of drug-likeness (QED) is 0.468. The zero-order valence-electron chi connectivity index (χ0n) is 21.1. The number of urea groups is 1. The molecular formula is C29H36N4O2. The molecule has 2 fully saturated rings. The third kappa shape index (κ3) is 5.52. The van der Waals surface area contributed by atoms with Gasteiger partial charge in [0.1, 0.15) is 5.54 Å². The standard InChI is InChI=1S/C29H36N4O2/c1-4-5-19-33-27(34)29(30-28(33)35,18-15-23-9-7-6-8-10-23)25-16-20-32(21-17-25)22-24-11-13-26(14-12-24)31(2)3/h6-14,25H,15-22H2,1-3H3,(H,30,35)/t29-/m1/s1. The molecule has 0 aromatic heterocycles. The van der Waals surface area contributed by atoms with Gasteiger partial charge in [-0.1, -0.05) is 48.4 Å². The molecule has 2 aliphatic heterocycles. The monoisotopic (exact) mass is 472 g/mol. The van der Waals surface area contributed by atoms with Crippen LogP contribution in [-0.2, 0) is 17.8 Å². The van der Waals surface area contributed by atoms with Gasteiger partial charge in [-0.3, -0.25) is 14.6 Å². The van der Waals surface area contributed by atoms with Crippen LogP contribution in [-0.4, -0.2) is 61.0 Å². The van der Waals surface area contributed by atoms with Crippen molar-refractivity contribution in [3.05, 3.63) is 65.7 Å². The second-order valence-electron chi connectivity index (χ2n) is 9.82. The number of hydrogen-bond acceptors (Lipinski definition) is 4. The van der Waals surface area contributed by atoms with E-state index in [-0.39, 0.29) is 24.4 Å². The third-order valence-corrected chi connectivity index (χ3v) is 7.41. The first kappa shape index (κ1) is 24.8. The summed E-state index contributed by atoms with van der Waals surface area (Å²) < 4.78 is 0. The van der Waals surface area contributed by atoms with Gasteiger partial charge in [0.25, 0.3) is 5.91 Å². The van der Waals surface area contributed by atoms with Gasteiger partial charge in [0.05, 0.1) is 6.54 Å². The first-order valence-electron chi connectivity index (χ1n) is 12.5. The molecule has 0 spiro atoms. The van der Waals surface area contributed by atoms with Gasteiger partial charge in [-0.2, -0.15) is 0 Å². The summed E-state index contributed by atoms with van der Waals surface area (Å²) in [4.78, 5) is 32.4.